The minimum Gasteiger partial charge on any atom is -0.324 e. The average molecular weight is 563 g/mol. The van der Waals surface area contributed by atoms with E-state index in [-0.39, 0.29) is 23.5 Å². The number of aldehydes is 1. The molecule has 3 heterocycles. The molecule has 0 amide bonds. The van der Waals surface area contributed by atoms with Gasteiger partial charge in [0.1, 0.15) is 12.4 Å². The van der Waals surface area contributed by atoms with Gasteiger partial charge in [-0.1, -0.05) is 41.5 Å². The van der Waals surface area contributed by atoms with E-state index in [0.29, 0.717) is 13.0 Å². The number of pyridine rings is 2. The van der Waals surface area contributed by atoms with Crippen molar-refractivity contribution in [3.05, 3.63) is 72.4 Å². The van der Waals surface area contributed by atoms with E-state index in [1.807, 2.05) is 41.5 Å². The fourth-order valence-corrected chi connectivity index (χ4v) is 5.18. The van der Waals surface area contributed by atoms with Crippen molar-refractivity contribution in [2.24, 2.45) is 0 Å². The molecule has 3 aromatic heterocycles. The average Bonchev–Trinajstić information content (AvgIpc) is 2.88. The lowest BCUT2D eigenvalue weighted by Gasteiger charge is -2.25. The molecular formula is C31H39N4O4P+2. The maximum Gasteiger partial charge on any atom is 0.331 e. The molecule has 0 aliphatic rings. The standard InChI is InChI=1S/C31H37N4O4P/c1-30(2,3)25-21-27-26(20-24(25)22-8-13-34(14-9-22)12-7-18-36)33-29(31(4,5)6)28(32-27)23-10-15-35(16-11-23)17-19-40(37,38)39/h8-11,13-16,18,20-21H,7,12,17,19H2,1-6H3/p+2. The molecule has 0 radical (unpaired) electrons. The van der Waals surface area contributed by atoms with Gasteiger partial charge < -0.3 is 14.6 Å². The first-order valence-corrected chi connectivity index (χ1v) is 15.3. The van der Waals surface area contributed by atoms with Crippen LogP contribution in [0.15, 0.2) is 61.2 Å². The van der Waals surface area contributed by atoms with Gasteiger partial charge in [0.15, 0.2) is 37.9 Å². The maximum absolute atomic E-state index is 11.3. The zero-order chi connectivity index (χ0) is 29.3. The number of nitrogens with zero attached hydrogens (tertiary/aromatic N) is 4. The van der Waals surface area contributed by atoms with Crippen LogP contribution in [0.5, 0.6) is 0 Å². The van der Waals surface area contributed by atoms with Crippen molar-refractivity contribution in [2.75, 3.05) is 6.16 Å². The zero-order valence-corrected chi connectivity index (χ0v) is 25.0. The molecule has 0 unspecified atom stereocenters. The molecule has 4 rings (SSSR count). The molecule has 2 N–H and O–H groups in total. The van der Waals surface area contributed by atoms with Gasteiger partial charge in [0.2, 0.25) is 0 Å². The van der Waals surface area contributed by atoms with Gasteiger partial charge in [-0.15, -0.1) is 0 Å². The monoisotopic (exact) mass is 562 g/mol. The van der Waals surface area contributed by atoms with Crippen molar-refractivity contribution in [3.63, 3.8) is 0 Å². The molecular weight excluding hydrogens is 523 g/mol. The van der Waals surface area contributed by atoms with Crippen LogP contribution in [0, 0.1) is 0 Å². The fourth-order valence-electron chi connectivity index (χ4n) is 4.68. The van der Waals surface area contributed by atoms with Crippen LogP contribution in [0.25, 0.3) is 33.4 Å². The van der Waals surface area contributed by atoms with Gasteiger partial charge in [-0.3, -0.25) is 4.57 Å². The topological polar surface area (TPSA) is 108 Å². The van der Waals surface area contributed by atoms with Gasteiger partial charge in [-0.05, 0) is 34.2 Å². The van der Waals surface area contributed by atoms with E-state index in [2.05, 4.69) is 65.8 Å². The Hall–Kier alpha value is -3.32. The Kier molecular flexibility index (Phi) is 8.36. The van der Waals surface area contributed by atoms with Gasteiger partial charge in [-0.2, -0.15) is 0 Å². The molecule has 9 heteroatoms. The predicted molar refractivity (Wildman–Crippen MR) is 156 cm³/mol. The van der Waals surface area contributed by atoms with Crippen molar-refractivity contribution in [2.45, 2.75) is 71.9 Å². The number of aromatic nitrogens is 4. The normalized spacial score (nSPS) is 12.6. The Balaban J connectivity index is 1.84. The number of carbonyl (C=O) groups is 1. The largest absolute Gasteiger partial charge is 0.331 e. The summed E-state index contributed by atoms with van der Waals surface area (Å²) >= 11 is 0. The van der Waals surface area contributed by atoms with E-state index in [9.17, 15) is 19.1 Å². The minimum atomic E-state index is -4.07. The summed E-state index contributed by atoms with van der Waals surface area (Å²) in [6.45, 7) is 13.8. The number of hydrogen-bond donors (Lipinski definition) is 2. The second-order valence-corrected chi connectivity index (χ2v) is 14.1. The number of fused-ring (bicyclic) bond motifs is 1. The number of aryl methyl sites for hydroxylation is 2. The Bertz CT molecular complexity index is 1570. The second-order valence-electron chi connectivity index (χ2n) is 12.3. The molecule has 0 atom stereocenters. The molecule has 4 aromatic rings. The van der Waals surface area contributed by atoms with Crippen LogP contribution >= 0.6 is 7.60 Å². The zero-order valence-electron chi connectivity index (χ0n) is 24.1. The van der Waals surface area contributed by atoms with Crippen molar-refractivity contribution < 1.29 is 28.3 Å². The van der Waals surface area contributed by atoms with Gasteiger partial charge in [-0.25, -0.2) is 19.1 Å². The first kappa shape index (κ1) is 29.7. The van der Waals surface area contributed by atoms with Crippen molar-refractivity contribution in [1.29, 1.82) is 0 Å². The van der Waals surface area contributed by atoms with Gasteiger partial charge in [0, 0.05) is 35.2 Å². The summed E-state index contributed by atoms with van der Waals surface area (Å²) in [6, 6.07) is 12.3. The van der Waals surface area contributed by atoms with Crippen molar-refractivity contribution in [3.8, 4) is 22.4 Å². The summed E-state index contributed by atoms with van der Waals surface area (Å²) < 4.78 is 15.1. The molecule has 1 aromatic carbocycles. The van der Waals surface area contributed by atoms with Crippen molar-refractivity contribution in [1.82, 2.24) is 9.97 Å². The fraction of sp³-hybridized carbons (Fsp3) is 0.387. The van der Waals surface area contributed by atoms with E-state index >= 15 is 0 Å². The van der Waals surface area contributed by atoms with E-state index in [1.54, 1.807) is 4.57 Å². The smallest absolute Gasteiger partial charge is 0.324 e. The van der Waals surface area contributed by atoms with Crippen LogP contribution < -0.4 is 9.13 Å². The summed E-state index contributed by atoms with van der Waals surface area (Å²) in [5, 5.41) is 0. The maximum atomic E-state index is 11.3. The van der Waals surface area contributed by atoms with Gasteiger partial charge in [0.25, 0.3) is 0 Å². The lowest BCUT2D eigenvalue weighted by molar-refractivity contribution is -0.695. The van der Waals surface area contributed by atoms with Crippen LogP contribution in [0.2, 0.25) is 0 Å². The van der Waals surface area contributed by atoms with E-state index < -0.39 is 7.60 Å². The predicted octanol–water partition coefficient (Wildman–Crippen LogP) is 4.90. The quantitative estimate of drug-likeness (QED) is 0.180. The molecule has 0 aliphatic heterocycles. The summed E-state index contributed by atoms with van der Waals surface area (Å²) in [4.78, 5) is 39.5. The van der Waals surface area contributed by atoms with Crippen LogP contribution in [0.3, 0.4) is 0 Å². The SMILES string of the molecule is CC(C)(C)c1cc2nc(-c3cc[n+](CCP(=O)(O)O)cc3)c(C(C)(C)C)nc2cc1-c1cc[n+](CCC=O)cc1. The summed E-state index contributed by atoms with van der Waals surface area (Å²) in [5.41, 5.74) is 7.14. The third-order valence-electron chi connectivity index (χ3n) is 6.84. The lowest BCUT2D eigenvalue weighted by Crippen LogP contribution is -2.34. The third-order valence-corrected chi connectivity index (χ3v) is 7.63. The molecule has 8 nitrogen and oxygen atoms in total. The Labute approximate surface area is 235 Å². The van der Waals surface area contributed by atoms with E-state index in [1.165, 1.54) is 0 Å². The highest BCUT2D eigenvalue weighted by Gasteiger charge is 2.26. The molecule has 0 bridgehead atoms. The minimum absolute atomic E-state index is 0.144. The Morgan fingerprint density at radius 2 is 1.35 bits per heavy atom. The molecule has 0 saturated heterocycles. The first-order chi connectivity index (χ1) is 18.7. The Morgan fingerprint density at radius 3 is 1.88 bits per heavy atom. The van der Waals surface area contributed by atoms with Crippen molar-refractivity contribution >= 4 is 24.9 Å². The molecule has 0 aliphatic carbocycles. The molecule has 40 heavy (non-hydrogen) atoms. The first-order valence-electron chi connectivity index (χ1n) is 13.5. The molecule has 0 fully saturated rings. The highest BCUT2D eigenvalue weighted by molar-refractivity contribution is 7.51. The van der Waals surface area contributed by atoms with Crippen LogP contribution in [0.1, 0.15) is 59.2 Å². The number of rotatable bonds is 8. The summed E-state index contributed by atoms with van der Waals surface area (Å²) in [6.07, 6.45) is 8.86. The number of hydrogen-bond acceptors (Lipinski definition) is 4. The highest BCUT2D eigenvalue weighted by atomic mass is 31.2. The lowest BCUT2D eigenvalue weighted by atomic mass is 9.81. The molecule has 210 valence electrons. The van der Waals surface area contributed by atoms with Gasteiger partial charge in [0.05, 0.1) is 28.8 Å². The summed E-state index contributed by atoms with van der Waals surface area (Å²) in [5.74, 6) is 0. The summed E-state index contributed by atoms with van der Waals surface area (Å²) in [7, 11) is -4.07. The van der Waals surface area contributed by atoms with Crippen LogP contribution in [0.4, 0.5) is 0 Å². The van der Waals surface area contributed by atoms with E-state index in [0.717, 1.165) is 51.0 Å². The third kappa shape index (κ3) is 7.05. The Morgan fingerprint density at radius 1 is 0.800 bits per heavy atom. The number of carbonyl (C=O) groups excluding carboxylic acids is 1. The number of benzene rings is 1. The van der Waals surface area contributed by atoms with Crippen LogP contribution in [-0.4, -0.2) is 32.2 Å². The highest BCUT2D eigenvalue weighted by Crippen LogP contribution is 2.38. The van der Waals surface area contributed by atoms with Gasteiger partial charge >= 0.3 is 7.60 Å². The second kappa shape index (κ2) is 11.3. The molecule has 0 saturated carbocycles. The molecule has 0 spiro atoms. The van der Waals surface area contributed by atoms with E-state index in [4.69, 9.17) is 9.97 Å². The van der Waals surface area contributed by atoms with Crippen LogP contribution in [-0.2, 0) is 33.3 Å².